The average Bonchev–Trinajstić information content (AvgIpc) is 3.33. The first kappa shape index (κ1) is 37.6. The van der Waals surface area contributed by atoms with Gasteiger partial charge in [0.2, 0.25) is 0 Å². The third-order valence-electron chi connectivity index (χ3n) is 12.1. The number of anilines is 6. The quantitative estimate of drug-likeness (QED) is 0.136. The zero-order chi connectivity index (χ0) is 41.0. The standard InChI is InChI=1S/C59H46N2/c1-59(42-15-4-16-43-59)49-36-40-51(41-37-49)60(50-22-7-3-8-23-50)56-27-13-11-25-54(56)47-30-32-48(33-31-47)55-26-12-14-28-57(55)61(58-29-17-21-46-20-9-10-24-53(46)58)52-38-34-45(35-39-52)44-18-5-2-6-19-44/h2-42H,43H2,1H3. The minimum Gasteiger partial charge on any atom is -0.310 e. The number of rotatable bonds is 10. The van der Waals surface area contributed by atoms with Gasteiger partial charge in [-0.2, -0.15) is 0 Å². The second-order valence-corrected chi connectivity index (χ2v) is 16.0. The van der Waals surface area contributed by atoms with Crippen molar-refractivity contribution in [2.75, 3.05) is 9.80 Å². The van der Waals surface area contributed by atoms with Crippen LogP contribution in [0.5, 0.6) is 0 Å². The maximum atomic E-state index is 2.42. The Morgan fingerprint density at radius 3 is 1.49 bits per heavy atom. The predicted octanol–water partition coefficient (Wildman–Crippen LogP) is 16.6. The minimum absolute atomic E-state index is 0.0119. The van der Waals surface area contributed by atoms with E-state index < -0.39 is 0 Å². The van der Waals surface area contributed by atoms with Crippen molar-refractivity contribution >= 4 is 44.9 Å². The first-order chi connectivity index (χ1) is 30.1. The Morgan fingerprint density at radius 1 is 0.361 bits per heavy atom. The van der Waals surface area contributed by atoms with E-state index >= 15 is 0 Å². The number of para-hydroxylation sites is 3. The Labute approximate surface area is 359 Å². The van der Waals surface area contributed by atoms with Gasteiger partial charge in [0.25, 0.3) is 0 Å². The first-order valence-electron chi connectivity index (χ1n) is 21.2. The lowest BCUT2D eigenvalue weighted by atomic mass is 9.77. The summed E-state index contributed by atoms with van der Waals surface area (Å²) in [5.74, 6) is 0. The number of fused-ring (bicyclic) bond motifs is 1. The maximum absolute atomic E-state index is 2.42. The maximum Gasteiger partial charge on any atom is 0.0540 e. The third-order valence-corrected chi connectivity index (χ3v) is 12.1. The molecule has 0 aromatic heterocycles. The van der Waals surface area contributed by atoms with E-state index in [2.05, 4.69) is 265 Å². The van der Waals surface area contributed by atoms with Gasteiger partial charge >= 0.3 is 0 Å². The molecule has 10 rings (SSSR count). The number of hydrogen-bond acceptors (Lipinski definition) is 2. The molecule has 0 aliphatic heterocycles. The fourth-order valence-corrected chi connectivity index (χ4v) is 8.84. The van der Waals surface area contributed by atoms with Crippen molar-refractivity contribution in [3.05, 3.63) is 254 Å². The molecule has 61 heavy (non-hydrogen) atoms. The van der Waals surface area contributed by atoms with Crippen LogP contribution in [0.3, 0.4) is 0 Å². The van der Waals surface area contributed by atoms with E-state index in [9.17, 15) is 0 Å². The molecule has 1 unspecified atom stereocenters. The molecular formula is C59H46N2. The van der Waals surface area contributed by atoms with Gasteiger partial charge in [0, 0.05) is 39.0 Å². The molecule has 9 aromatic rings. The number of allylic oxidation sites excluding steroid dienone is 4. The summed E-state index contributed by atoms with van der Waals surface area (Å²) < 4.78 is 0. The third kappa shape index (κ3) is 7.45. The van der Waals surface area contributed by atoms with E-state index in [1.54, 1.807) is 0 Å². The van der Waals surface area contributed by atoms with Gasteiger partial charge in [-0.15, -0.1) is 0 Å². The predicted molar refractivity (Wildman–Crippen MR) is 260 cm³/mol. The minimum atomic E-state index is -0.0119. The van der Waals surface area contributed by atoms with E-state index in [0.29, 0.717) is 0 Å². The van der Waals surface area contributed by atoms with Crippen molar-refractivity contribution < 1.29 is 0 Å². The molecule has 1 aliphatic rings. The lowest BCUT2D eigenvalue weighted by Crippen LogP contribution is -2.19. The van der Waals surface area contributed by atoms with Crippen LogP contribution in [0.4, 0.5) is 34.1 Å². The number of benzene rings is 9. The molecule has 0 N–H and O–H groups in total. The summed E-state index contributed by atoms with van der Waals surface area (Å²) >= 11 is 0. The highest BCUT2D eigenvalue weighted by Crippen LogP contribution is 2.46. The molecule has 1 aliphatic carbocycles. The Kier molecular flexibility index (Phi) is 10.2. The second-order valence-electron chi connectivity index (χ2n) is 16.0. The first-order valence-corrected chi connectivity index (χ1v) is 21.2. The summed E-state index contributed by atoms with van der Waals surface area (Å²) in [5.41, 5.74) is 15.1. The summed E-state index contributed by atoms with van der Waals surface area (Å²) in [6, 6.07) is 81.3. The highest BCUT2D eigenvalue weighted by molar-refractivity contribution is 6.01. The molecule has 1 atom stereocenters. The van der Waals surface area contributed by atoms with E-state index in [1.807, 2.05) is 0 Å². The molecular weight excluding hydrogens is 737 g/mol. The van der Waals surface area contributed by atoms with Crippen molar-refractivity contribution in [1.82, 2.24) is 0 Å². The van der Waals surface area contributed by atoms with Crippen LogP contribution in [0.1, 0.15) is 18.9 Å². The number of nitrogens with zero attached hydrogens (tertiary/aromatic N) is 2. The van der Waals surface area contributed by atoms with Gasteiger partial charge in [0.15, 0.2) is 0 Å². The molecule has 2 heteroatoms. The fourth-order valence-electron chi connectivity index (χ4n) is 8.84. The molecule has 2 nitrogen and oxygen atoms in total. The van der Waals surface area contributed by atoms with Crippen molar-refractivity contribution in [2.45, 2.75) is 18.8 Å². The van der Waals surface area contributed by atoms with Gasteiger partial charge in [-0.1, -0.05) is 201 Å². The van der Waals surface area contributed by atoms with Crippen molar-refractivity contribution in [3.8, 4) is 33.4 Å². The Morgan fingerprint density at radius 2 is 0.836 bits per heavy atom. The molecule has 0 heterocycles. The number of hydrogen-bond donors (Lipinski definition) is 0. The topological polar surface area (TPSA) is 6.48 Å². The van der Waals surface area contributed by atoms with Gasteiger partial charge in [-0.25, -0.2) is 0 Å². The van der Waals surface area contributed by atoms with E-state index in [0.717, 1.165) is 57.2 Å². The average molecular weight is 783 g/mol. The summed E-state index contributed by atoms with van der Waals surface area (Å²) in [7, 11) is 0. The summed E-state index contributed by atoms with van der Waals surface area (Å²) in [4.78, 5) is 4.80. The Bertz CT molecular complexity index is 2980. The molecule has 0 spiro atoms. The van der Waals surface area contributed by atoms with Crippen LogP contribution >= 0.6 is 0 Å². The molecule has 0 fully saturated rings. The van der Waals surface area contributed by atoms with Crippen LogP contribution in [-0.4, -0.2) is 0 Å². The zero-order valence-corrected chi connectivity index (χ0v) is 34.3. The van der Waals surface area contributed by atoms with Crippen LogP contribution in [0.15, 0.2) is 249 Å². The molecule has 0 amide bonds. The molecule has 0 saturated carbocycles. The van der Waals surface area contributed by atoms with Gasteiger partial charge < -0.3 is 9.80 Å². The van der Waals surface area contributed by atoms with Gasteiger partial charge in [-0.05, 0) is 94.2 Å². The molecule has 9 aromatic carbocycles. The van der Waals surface area contributed by atoms with Crippen LogP contribution in [0.2, 0.25) is 0 Å². The van der Waals surface area contributed by atoms with Crippen molar-refractivity contribution in [3.63, 3.8) is 0 Å². The molecule has 292 valence electrons. The van der Waals surface area contributed by atoms with E-state index in [4.69, 9.17) is 0 Å². The summed E-state index contributed by atoms with van der Waals surface area (Å²) in [6.45, 7) is 2.32. The highest BCUT2D eigenvalue weighted by Gasteiger charge is 2.25. The Balaban J connectivity index is 1.04. The van der Waals surface area contributed by atoms with E-state index in [-0.39, 0.29) is 5.41 Å². The normalized spacial score (nSPS) is 14.5. The highest BCUT2D eigenvalue weighted by atomic mass is 15.2. The van der Waals surface area contributed by atoms with Gasteiger partial charge in [-0.3, -0.25) is 0 Å². The zero-order valence-electron chi connectivity index (χ0n) is 34.3. The van der Waals surface area contributed by atoms with Gasteiger partial charge in [0.05, 0.1) is 17.1 Å². The lowest BCUT2D eigenvalue weighted by Gasteiger charge is -2.30. The Hall–Kier alpha value is -7.68. The van der Waals surface area contributed by atoms with Crippen molar-refractivity contribution in [2.24, 2.45) is 0 Å². The molecule has 0 radical (unpaired) electrons. The smallest absolute Gasteiger partial charge is 0.0540 e. The second kappa shape index (κ2) is 16.5. The van der Waals surface area contributed by atoms with Crippen LogP contribution in [-0.2, 0) is 5.41 Å². The largest absolute Gasteiger partial charge is 0.310 e. The summed E-state index contributed by atoms with van der Waals surface area (Å²) in [5, 5.41) is 2.41. The van der Waals surface area contributed by atoms with Gasteiger partial charge in [0.1, 0.15) is 0 Å². The van der Waals surface area contributed by atoms with E-state index in [1.165, 1.54) is 33.0 Å². The summed E-state index contributed by atoms with van der Waals surface area (Å²) in [6.07, 6.45) is 9.88. The van der Waals surface area contributed by atoms with Crippen LogP contribution < -0.4 is 9.80 Å². The SMILES string of the molecule is CC1(c2ccc(N(c3ccccc3)c3ccccc3-c3ccc(-c4ccccc4N(c4ccc(-c5ccccc5)cc4)c4cccc5ccccc45)cc3)cc2)C=CC=CC1. The van der Waals surface area contributed by atoms with Crippen molar-refractivity contribution in [1.29, 1.82) is 0 Å². The van der Waals surface area contributed by atoms with Crippen LogP contribution in [0, 0.1) is 0 Å². The van der Waals surface area contributed by atoms with Crippen LogP contribution in [0.25, 0.3) is 44.2 Å². The lowest BCUT2D eigenvalue weighted by molar-refractivity contribution is 0.600. The molecule has 0 bridgehead atoms. The monoisotopic (exact) mass is 782 g/mol. The fraction of sp³-hybridized carbons (Fsp3) is 0.0508. The molecule has 0 saturated heterocycles.